The topological polar surface area (TPSA) is 72.9 Å². The third kappa shape index (κ3) is 4.43. The van der Waals surface area contributed by atoms with E-state index in [9.17, 15) is 14.7 Å². The summed E-state index contributed by atoms with van der Waals surface area (Å²) in [7, 11) is 0. The van der Waals surface area contributed by atoms with Gasteiger partial charge in [-0.25, -0.2) is 0 Å². The minimum absolute atomic E-state index is 0.0195. The van der Waals surface area contributed by atoms with E-state index in [0.717, 1.165) is 25.9 Å². The maximum absolute atomic E-state index is 12.8. The number of carbonyl (C=O) groups is 2. The summed E-state index contributed by atoms with van der Waals surface area (Å²) in [5.74, 6) is 0.409. The lowest BCUT2D eigenvalue weighted by Crippen LogP contribution is -2.46. The van der Waals surface area contributed by atoms with E-state index in [1.165, 1.54) is 5.56 Å². The fourth-order valence-electron chi connectivity index (χ4n) is 4.15. The molecule has 3 rings (SSSR count). The van der Waals surface area contributed by atoms with Gasteiger partial charge < -0.3 is 15.3 Å². The highest BCUT2D eigenvalue weighted by molar-refractivity contribution is 5.80. The molecule has 2 aliphatic rings. The Hall–Kier alpha value is -1.92. The van der Waals surface area contributed by atoms with Crippen LogP contribution in [0.15, 0.2) is 30.3 Å². The molecule has 1 aromatic rings. The van der Waals surface area contributed by atoms with E-state index in [1.54, 1.807) is 6.92 Å². The minimum atomic E-state index is -0.0195. The second-order valence-corrected chi connectivity index (χ2v) is 7.40. The Morgan fingerprint density at radius 1 is 1.15 bits per heavy atom. The smallest absolute Gasteiger partial charge is 0.223 e. The first-order valence-corrected chi connectivity index (χ1v) is 9.52. The number of hydrogen-bond donors (Lipinski definition) is 2. The first-order chi connectivity index (χ1) is 12.6. The van der Waals surface area contributed by atoms with E-state index >= 15 is 0 Å². The zero-order valence-electron chi connectivity index (χ0n) is 15.4. The highest BCUT2D eigenvalue weighted by Crippen LogP contribution is 2.28. The summed E-state index contributed by atoms with van der Waals surface area (Å²) in [6, 6.07) is 10.3. The van der Waals surface area contributed by atoms with Gasteiger partial charge in [0.05, 0.1) is 6.61 Å². The number of nitrogens with zero attached hydrogens (tertiary/aromatic N) is 2. The summed E-state index contributed by atoms with van der Waals surface area (Å²) >= 11 is 0. The molecule has 2 heterocycles. The molecule has 6 nitrogen and oxygen atoms in total. The van der Waals surface area contributed by atoms with Crippen LogP contribution in [0.2, 0.25) is 0 Å². The molecular formula is C20H29N3O3. The van der Waals surface area contributed by atoms with Crippen molar-refractivity contribution in [2.75, 3.05) is 39.3 Å². The number of benzene rings is 1. The molecule has 0 saturated carbocycles. The van der Waals surface area contributed by atoms with Gasteiger partial charge in [0.1, 0.15) is 0 Å². The predicted molar refractivity (Wildman–Crippen MR) is 99.6 cm³/mol. The van der Waals surface area contributed by atoms with Crippen molar-refractivity contribution in [3.63, 3.8) is 0 Å². The van der Waals surface area contributed by atoms with Gasteiger partial charge in [-0.05, 0) is 18.4 Å². The minimum Gasteiger partial charge on any atom is -0.395 e. The van der Waals surface area contributed by atoms with Crippen LogP contribution in [0.5, 0.6) is 0 Å². The van der Waals surface area contributed by atoms with E-state index in [4.69, 9.17) is 0 Å². The quantitative estimate of drug-likeness (QED) is 0.817. The van der Waals surface area contributed by atoms with Gasteiger partial charge >= 0.3 is 0 Å². The molecule has 0 bridgehead atoms. The van der Waals surface area contributed by atoms with Gasteiger partial charge in [0.2, 0.25) is 11.8 Å². The van der Waals surface area contributed by atoms with Crippen molar-refractivity contribution in [1.82, 2.24) is 15.1 Å². The molecule has 2 N–H and O–H groups in total. The van der Waals surface area contributed by atoms with Gasteiger partial charge in [-0.1, -0.05) is 30.3 Å². The van der Waals surface area contributed by atoms with Crippen LogP contribution in [0, 0.1) is 5.92 Å². The predicted octanol–water partition coefficient (Wildman–Crippen LogP) is 0.821. The van der Waals surface area contributed by atoms with E-state index < -0.39 is 0 Å². The van der Waals surface area contributed by atoms with Gasteiger partial charge in [0.15, 0.2) is 0 Å². The molecule has 0 spiro atoms. The van der Waals surface area contributed by atoms with Gasteiger partial charge in [0.25, 0.3) is 0 Å². The third-order valence-electron chi connectivity index (χ3n) is 5.68. The molecule has 2 atom stereocenters. The Labute approximate surface area is 155 Å². The number of rotatable bonds is 5. The van der Waals surface area contributed by atoms with Gasteiger partial charge in [-0.2, -0.15) is 0 Å². The van der Waals surface area contributed by atoms with Crippen LogP contribution in [-0.2, 0) is 9.59 Å². The fraction of sp³-hybridized carbons (Fsp3) is 0.600. The number of likely N-dealkylation sites (tertiary alicyclic amines) is 2. The van der Waals surface area contributed by atoms with Crippen molar-refractivity contribution in [3.8, 4) is 0 Å². The molecule has 2 unspecified atom stereocenters. The number of aliphatic hydroxyl groups excluding tert-OH is 1. The maximum Gasteiger partial charge on any atom is 0.223 e. The summed E-state index contributed by atoms with van der Waals surface area (Å²) in [5, 5.41) is 12.5. The number of hydrogen-bond acceptors (Lipinski definition) is 4. The summed E-state index contributed by atoms with van der Waals surface area (Å²) in [6.45, 7) is 5.28. The number of piperidine rings is 1. The SMILES string of the molecule is CC(=O)N1CCC(C(=O)NC2CN(CCO)CC2c2ccccc2)CC1. The number of carbonyl (C=O) groups excluding carboxylic acids is 2. The molecule has 142 valence electrons. The lowest BCUT2D eigenvalue weighted by atomic mass is 9.92. The van der Waals surface area contributed by atoms with E-state index in [-0.39, 0.29) is 36.3 Å². The van der Waals surface area contributed by atoms with Crippen LogP contribution in [0.1, 0.15) is 31.2 Å². The van der Waals surface area contributed by atoms with E-state index in [0.29, 0.717) is 19.6 Å². The van der Waals surface area contributed by atoms with Crippen molar-refractivity contribution in [2.45, 2.75) is 31.7 Å². The zero-order valence-corrected chi connectivity index (χ0v) is 15.4. The summed E-state index contributed by atoms with van der Waals surface area (Å²) in [6.07, 6.45) is 1.46. The van der Waals surface area contributed by atoms with Crippen LogP contribution in [0.4, 0.5) is 0 Å². The molecule has 2 aliphatic heterocycles. The maximum atomic E-state index is 12.8. The molecule has 0 radical (unpaired) electrons. The van der Waals surface area contributed by atoms with Gasteiger partial charge in [-0.3, -0.25) is 14.5 Å². The molecule has 1 aromatic carbocycles. The number of β-amino-alcohol motifs (C(OH)–C–C–N with tert-alkyl or cyclic N) is 1. The van der Waals surface area contributed by atoms with Crippen molar-refractivity contribution < 1.29 is 14.7 Å². The molecule has 6 heteroatoms. The average molecular weight is 359 g/mol. The number of amides is 2. The van der Waals surface area contributed by atoms with Crippen LogP contribution >= 0.6 is 0 Å². The summed E-state index contributed by atoms with van der Waals surface area (Å²) < 4.78 is 0. The number of aliphatic hydroxyl groups is 1. The molecule has 2 amide bonds. The van der Waals surface area contributed by atoms with Crippen molar-refractivity contribution in [2.24, 2.45) is 5.92 Å². The van der Waals surface area contributed by atoms with Gasteiger partial charge in [-0.15, -0.1) is 0 Å². The normalized spacial score (nSPS) is 24.6. The average Bonchev–Trinajstić information content (AvgIpc) is 3.05. The Bertz CT molecular complexity index is 614. The summed E-state index contributed by atoms with van der Waals surface area (Å²) in [5.41, 5.74) is 1.23. The molecular weight excluding hydrogens is 330 g/mol. The third-order valence-corrected chi connectivity index (χ3v) is 5.68. The van der Waals surface area contributed by atoms with Crippen LogP contribution in [0.3, 0.4) is 0 Å². The van der Waals surface area contributed by atoms with E-state index in [1.807, 2.05) is 23.1 Å². The molecule has 26 heavy (non-hydrogen) atoms. The molecule has 2 fully saturated rings. The van der Waals surface area contributed by atoms with Crippen molar-refractivity contribution >= 4 is 11.8 Å². The van der Waals surface area contributed by atoms with Crippen LogP contribution in [0.25, 0.3) is 0 Å². The monoisotopic (exact) mass is 359 g/mol. The fourth-order valence-corrected chi connectivity index (χ4v) is 4.15. The molecule has 0 aliphatic carbocycles. The zero-order chi connectivity index (χ0) is 18.5. The highest BCUT2D eigenvalue weighted by Gasteiger charge is 2.36. The Balaban J connectivity index is 1.62. The molecule has 0 aromatic heterocycles. The standard InChI is InChI=1S/C20H29N3O3/c1-15(25)23-9-7-17(8-10-23)20(26)21-19-14-22(11-12-24)13-18(19)16-5-3-2-4-6-16/h2-6,17-19,24H,7-14H2,1H3,(H,21,26). The Morgan fingerprint density at radius 2 is 1.85 bits per heavy atom. The van der Waals surface area contributed by atoms with Crippen LogP contribution in [-0.4, -0.2) is 72.1 Å². The lowest BCUT2D eigenvalue weighted by molar-refractivity contribution is -0.134. The van der Waals surface area contributed by atoms with Crippen LogP contribution < -0.4 is 5.32 Å². The first kappa shape index (κ1) is 18.9. The Kier molecular flexibility index (Phi) is 6.27. The van der Waals surface area contributed by atoms with Gasteiger partial charge in [0, 0.05) is 57.5 Å². The van der Waals surface area contributed by atoms with Crippen molar-refractivity contribution in [3.05, 3.63) is 35.9 Å². The summed E-state index contributed by atoms with van der Waals surface area (Å²) in [4.78, 5) is 28.3. The highest BCUT2D eigenvalue weighted by atomic mass is 16.3. The Morgan fingerprint density at radius 3 is 2.46 bits per heavy atom. The number of nitrogens with one attached hydrogen (secondary N) is 1. The lowest BCUT2D eigenvalue weighted by Gasteiger charge is -2.31. The van der Waals surface area contributed by atoms with E-state index in [2.05, 4.69) is 22.3 Å². The van der Waals surface area contributed by atoms with Crippen molar-refractivity contribution in [1.29, 1.82) is 0 Å². The second kappa shape index (κ2) is 8.64. The molecule has 2 saturated heterocycles. The second-order valence-electron chi connectivity index (χ2n) is 7.40. The first-order valence-electron chi connectivity index (χ1n) is 9.52. The largest absolute Gasteiger partial charge is 0.395 e.